The van der Waals surface area contributed by atoms with E-state index >= 15 is 0 Å². The van der Waals surface area contributed by atoms with E-state index in [1.165, 1.54) is 5.56 Å². The minimum Gasteiger partial charge on any atom is -0.490 e. The van der Waals surface area contributed by atoms with Gasteiger partial charge >= 0.3 is 0 Å². The van der Waals surface area contributed by atoms with E-state index in [1.807, 2.05) is 31.3 Å². The number of likely N-dealkylation sites (tertiary alicyclic amines) is 1. The van der Waals surface area contributed by atoms with E-state index < -0.39 is 0 Å². The van der Waals surface area contributed by atoms with E-state index in [4.69, 9.17) is 14.5 Å². The topological polar surface area (TPSA) is 56.1 Å². The number of aryl methyl sites for hydroxylation is 1. The summed E-state index contributed by atoms with van der Waals surface area (Å²) < 4.78 is 13.3. The molecule has 1 saturated heterocycles. The van der Waals surface area contributed by atoms with E-state index in [0.29, 0.717) is 31.4 Å². The van der Waals surface area contributed by atoms with E-state index in [2.05, 4.69) is 17.0 Å². The zero-order valence-corrected chi connectivity index (χ0v) is 16.6. The number of benzene rings is 1. The number of hydrogen-bond donors (Lipinski definition) is 0. The molecule has 0 amide bonds. The molecule has 0 bridgehead atoms. The Labute approximate surface area is 169 Å². The molecule has 0 N–H and O–H groups in total. The SMILES string of the molecule is Cc1ccc2nc(CN3CCCC3c3ccc4c(c3)OCCCO4)cc(=O)n2c1. The van der Waals surface area contributed by atoms with Gasteiger partial charge in [0.2, 0.25) is 0 Å². The third-order valence-electron chi connectivity index (χ3n) is 5.75. The summed E-state index contributed by atoms with van der Waals surface area (Å²) in [5.41, 5.74) is 3.77. The second kappa shape index (κ2) is 7.52. The van der Waals surface area contributed by atoms with Crippen molar-refractivity contribution in [1.82, 2.24) is 14.3 Å². The first-order valence-corrected chi connectivity index (χ1v) is 10.3. The van der Waals surface area contributed by atoms with Crippen LogP contribution in [0.2, 0.25) is 0 Å². The average molecular weight is 391 g/mol. The first-order valence-electron chi connectivity index (χ1n) is 10.3. The molecule has 3 aromatic rings. The molecule has 2 aliphatic heterocycles. The molecular formula is C23H25N3O3. The Morgan fingerprint density at radius 3 is 2.83 bits per heavy atom. The highest BCUT2D eigenvalue weighted by atomic mass is 16.5. The normalized spacial score (nSPS) is 19.4. The number of pyridine rings is 1. The van der Waals surface area contributed by atoms with Crippen LogP contribution in [0.25, 0.3) is 5.65 Å². The van der Waals surface area contributed by atoms with Crippen LogP contribution in [0.3, 0.4) is 0 Å². The Morgan fingerprint density at radius 1 is 1.07 bits per heavy atom. The third-order valence-corrected chi connectivity index (χ3v) is 5.75. The Morgan fingerprint density at radius 2 is 1.93 bits per heavy atom. The minimum atomic E-state index is -0.0278. The van der Waals surface area contributed by atoms with Gasteiger partial charge in [-0.3, -0.25) is 14.1 Å². The molecule has 0 radical (unpaired) electrons. The summed E-state index contributed by atoms with van der Waals surface area (Å²) in [6.45, 7) is 5.02. The molecule has 0 aliphatic carbocycles. The monoisotopic (exact) mass is 391 g/mol. The predicted molar refractivity (Wildman–Crippen MR) is 111 cm³/mol. The second-order valence-corrected chi connectivity index (χ2v) is 7.91. The van der Waals surface area contributed by atoms with Crippen molar-refractivity contribution in [1.29, 1.82) is 0 Å². The molecule has 5 rings (SSSR count). The molecule has 1 aromatic carbocycles. The number of ether oxygens (including phenoxy) is 2. The van der Waals surface area contributed by atoms with Crippen molar-refractivity contribution >= 4 is 5.65 Å². The van der Waals surface area contributed by atoms with Gasteiger partial charge in [0.25, 0.3) is 5.56 Å². The van der Waals surface area contributed by atoms with Crippen LogP contribution >= 0.6 is 0 Å². The van der Waals surface area contributed by atoms with Gasteiger partial charge in [0.15, 0.2) is 11.5 Å². The zero-order chi connectivity index (χ0) is 19.8. The van der Waals surface area contributed by atoms with Crippen molar-refractivity contribution in [2.75, 3.05) is 19.8 Å². The highest BCUT2D eigenvalue weighted by Crippen LogP contribution is 2.38. The van der Waals surface area contributed by atoms with Gasteiger partial charge in [-0.05, 0) is 55.6 Å². The van der Waals surface area contributed by atoms with Crippen molar-refractivity contribution in [3.63, 3.8) is 0 Å². The van der Waals surface area contributed by atoms with Gasteiger partial charge < -0.3 is 9.47 Å². The maximum absolute atomic E-state index is 12.5. The Kier molecular flexibility index (Phi) is 4.72. The predicted octanol–water partition coefficient (Wildman–Crippen LogP) is 3.50. The molecule has 1 atom stereocenters. The summed E-state index contributed by atoms with van der Waals surface area (Å²) >= 11 is 0. The lowest BCUT2D eigenvalue weighted by Gasteiger charge is -2.25. The number of hydrogen-bond acceptors (Lipinski definition) is 5. The molecule has 6 nitrogen and oxygen atoms in total. The van der Waals surface area contributed by atoms with Gasteiger partial charge in [0.05, 0.1) is 18.9 Å². The zero-order valence-electron chi connectivity index (χ0n) is 16.6. The Balaban J connectivity index is 1.42. The molecule has 1 unspecified atom stereocenters. The highest BCUT2D eigenvalue weighted by molar-refractivity contribution is 5.44. The quantitative estimate of drug-likeness (QED) is 0.684. The molecule has 2 aliphatic rings. The third kappa shape index (κ3) is 3.60. The molecule has 6 heteroatoms. The molecule has 0 spiro atoms. The van der Waals surface area contributed by atoms with Crippen molar-refractivity contribution in [3.05, 3.63) is 69.8 Å². The van der Waals surface area contributed by atoms with E-state index in [9.17, 15) is 4.79 Å². The first-order chi connectivity index (χ1) is 14.2. The van der Waals surface area contributed by atoms with Crippen LogP contribution in [-0.4, -0.2) is 34.0 Å². The number of rotatable bonds is 3. The van der Waals surface area contributed by atoms with Crippen molar-refractivity contribution in [2.24, 2.45) is 0 Å². The molecule has 4 heterocycles. The van der Waals surface area contributed by atoms with E-state index in [0.717, 1.165) is 48.6 Å². The summed E-state index contributed by atoms with van der Waals surface area (Å²) in [7, 11) is 0. The molecule has 1 fully saturated rings. The van der Waals surface area contributed by atoms with Gasteiger partial charge in [-0.25, -0.2) is 4.98 Å². The van der Waals surface area contributed by atoms with E-state index in [1.54, 1.807) is 10.5 Å². The van der Waals surface area contributed by atoms with E-state index in [-0.39, 0.29) is 5.56 Å². The van der Waals surface area contributed by atoms with Crippen LogP contribution in [0, 0.1) is 6.92 Å². The summed E-state index contributed by atoms with van der Waals surface area (Å²) in [4.78, 5) is 19.7. The van der Waals surface area contributed by atoms with Gasteiger partial charge in [-0.15, -0.1) is 0 Å². The van der Waals surface area contributed by atoms with Gasteiger partial charge in [0.1, 0.15) is 5.65 Å². The fourth-order valence-electron chi connectivity index (χ4n) is 4.33. The standard InChI is InChI=1S/C23H25N3O3/c1-16-5-8-22-24-18(13-23(27)26(22)14-16)15-25-9-2-4-19(25)17-6-7-20-21(12-17)29-11-3-10-28-20/h5-8,12-14,19H,2-4,9-11,15H2,1H3. The lowest BCUT2D eigenvalue weighted by molar-refractivity contribution is 0.244. The van der Waals surface area contributed by atoms with Crippen LogP contribution in [0.5, 0.6) is 11.5 Å². The van der Waals surface area contributed by atoms with Crippen LogP contribution in [-0.2, 0) is 6.54 Å². The number of aromatic nitrogens is 2. The fraction of sp³-hybridized carbons (Fsp3) is 0.391. The van der Waals surface area contributed by atoms with Crippen LogP contribution in [0.1, 0.15) is 42.1 Å². The smallest absolute Gasteiger partial charge is 0.258 e. The number of fused-ring (bicyclic) bond motifs is 2. The summed E-state index contributed by atoms with van der Waals surface area (Å²) in [5.74, 6) is 1.67. The second-order valence-electron chi connectivity index (χ2n) is 7.91. The van der Waals surface area contributed by atoms with Crippen molar-refractivity contribution < 1.29 is 9.47 Å². The number of nitrogens with zero attached hydrogens (tertiary/aromatic N) is 3. The maximum Gasteiger partial charge on any atom is 0.258 e. The average Bonchev–Trinajstić information content (AvgIpc) is 3.04. The minimum absolute atomic E-state index is 0.0278. The van der Waals surface area contributed by atoms with Gasteiger partial charge in [-0.1, -0.05) is 12.1 Å². The van der Waals surface area contributed by atoms with Crippen molar-refractivity contribution in [3.8, 4) is 11.5 Å². The van der Waals surface area contributed by atoms with Gasteiger partial charge in [-0.2, -0.15) is 0 Å². The van der Waals surface area contributed by atoms with Gasteiger partial charge in [0, 0.05) is 31.3 Å². The van der Waals surface area contributed by atoms with Crippen LogP contribution in [0.15, 0.2) is 47.4 Å². The Bertz CT molecular complexity index is 1110. The summed E-state index contributed by atoms with van der Waals surface area (Å²) in [6.07, 6.45) is 4.96. The first kappa shape index (κ1) is 18.2. The van der Waals surface area contributed by atoms with Crippen LogP contribution < -0.4 is 15.0 Å². The molecular weight excluding hydrogens is 366 g/mol. The molecule has 29 heavy (non-hydrogen) atoms. The Hall–Kier alpha value is -2.86. The summed E-state index contributed by atoms with van der Waals surface area (Å²) in [5, 5.41) is 0. The molecule has 0 saturated carbocycles. The summed E-state index contributed by atoms with van der Waals surface area (Å²) in [6, 6.07) is 12.1. The van der Waals surface area contributed by atoms with Crippen molar-refractivity contribution in [2.45, 2.75) is 38.8 Å². The lowest BCUT2D eigenvalue weighted by atomic mass is 10.0. The van der Waals surface area contributed by atoms with Crippen LogP contribution in [0.4, 0.5) is 0 Å². The molecule has 150 valence electrons. The molecule has 2 aromatic heterocycles. The maximum atomic E-state index is 12.5. The highest BCUT2D eigenvalue weighted by Gasteiger charge is 2.27. The lowest BCUT2D eigenvalue weighted by Crippen LogP contribution is -2.25. The largest absolute Gasteiger partial charge is 0.490 e. The fourth-order valence-corrected chi connectivity index (χ4v) is 4.33.